The van der Waals surface area contributed by atoms with E-state index in [9.17, 15) is 14.4 Å². The summed E-state index contributed by atoms with van der Waals surface area (Å²) in [7, 11) is 0. The van der Waals surface area contributed by atoms with E-state index in [1.54, 1.807) is 11.2 Å². The average Bonchev–Trinajstić information content (AvgIpc) is 3.49. The molecule has 1 aliphatic heterocycles. The van der Waals surface area contributed by atoms with Gasteiger partial charge in [-0.05, 0) is 42.1 Å². The third-order valence-corrected chi connectivity index (χ3v) is 6.99. The van der Waals surface area contributed by atoms with Crippen LogP contribution in [0.15, 0.2) is 75.9 Å². The third kappa shape index (κ3) is 3.98. The quantitative estimate of drug-likeness (QED) is 0.547. The fourth-order valence-electron chi connectivity index (χ4n) is 4.64. The van der Waals surface area contributed by atoms with Crippen LogP contribution in [0.1, 0.15) is 48.3 Å². The monoisotopic (exact) mass is 462 g/mol. The number of thiophene rings is 1. The van der Waals surface area contributed by atoms with E-state index in [0.29, 0.717) is 23.4 Å². The van der Waals surface area contributed by atoms with E-state index in [4.69, 9.17) is 9.52 Å². The van der Waals surface area contributed by atoms with Crippen molar-refractivity contribution in [3.8, 4) is 0 Å². The number of fused-ring (bicyclic) bond motifs is 1. The van der Waals surface area contributed by atoms with E-state index in [2.05, 4.69) is 5.32 Å². The Bertz CT molecular complexity index is 1230. The van der Waals surface area contributed by atoms with Crippen LogP contribution in [0.2, 0.25) is 0 Å². The SMILES string of the molecule is O=C(O)CCC(=O)N1c2ccccc2NC2=C(C(=O)CC(c3ccco3)C2)C1c1cccs1. The lowest BCUT2D eigenvalue weighted by molar-refractivity contribution is -0.138. The summed E-state index contributed by atoms with van der Waals surface area (Å²) in [6.07, 6.45) is 2.03. The first kappa shape index (κ1) is 21.2. The van der Waals surface area contributed by atoms with Crippen molar-refractivity contribution in [3.63, 3.8) is 0 Å². The molecule has 0 saturated carbocycles. The topological polar surface area (TPSA) is 99.9 Å². The molecule has 3 aromatic rings. The number of amides is 1. The summed E-state index contributed by atoms with van der Waals surface area (Å²) in [5.74, 6) is -0.750. The Morgan fingerprint density at radius 3 is 2.67 bits per heavy atom. The van der Waals surface area contributed by atoms with Crippen molar-refractivity contribution in [3.05, 3.63) is 82.1 Å². The molecular weight excluding hydrogens is 440 g/mol. The number of anilines is 2. The lowest BCUT2D eigenvalue weighted by atomic mass is 9.81. The normalized spacial score (nSPS) is 20.0. The number of carbonyl (C=O) groups excluding carboxylic acids is 2. The Balaban J connectivity index is 1.66. The lowest BCUT2D eigenvalue weighted by Crippen LogP contribution is -2.38. The van der Waals surface area contributed by atoms with E-state index in [-0.39, 0.29) is 36.9 Å². The number of allylic oxidation sites excluding steroid dienone is 1. The Kier molecular flexibility index (Phi) is 5.60. The van der Waals surface area contributed by atoms with Gasteiger partial charge >= 0.3 is 5.97 Å². The molecule has 0 spiro atoms. The Morgan fingerprint density at radius 1 is 1.09 bits per heavy atom. The molecule has 2 unspecified atom stereocenters. The summed E-state index contributed by atoms with van der Waals surface area (Å²) < 4.78 is 5.59. The van der Waals surface area contributed by atoms with Gasteiger partial charge in [0.05, 0.1) is 24.1 Å². The van der Waals surface area contributed by atoms with Gasteiger partial charge in [-0.2, -0.15) is 0 Å². The standard InChI is InChI=1S/C25H22N2O5S/c28-19-14-15(20-7-3-11-32-20)13-17-24(19)25(21-8-4-12-33-21)27(22(29)9-10-23(30)31)18-6-2-1-5-16(18)26-17/h1-8,11-12,15,25-26H,9-10,13-14H2,(H,30,31). The number of carbonyl (C=O) groups is 3. The zero-order valence-corrected chi connectivity index (χ0v) is 18.5. The highest BCUT2D eigenvalue weighted by Crippen LogP contribution is 2.48. The van der Waals surface area contributed by atoms with Gasteiger partial charge in [0.1, 0.15) is 11.8 Å². The minimum absolute atomic E-state index is 0.0487. The summed E-state index contributed by atoms with van der Waals surface area (Å²) in [5, 5.41) is 14.5. The summed E-state index contributed by atoms with van der Waals surface area (Å²) in [6.45, 7) is 0. The summed E-state index contributed by atoms with van der Waals surface area (Å²) in [4.78, 5) is 40.7. The van der Waals surface area contributed by atoms with Crippen LogP contribution in [0, 0.1) is 0 Å². The summed E-state index contributed by atoms with van der Waals surface area (Å²) in [6, 6.07) is 14.3. The molecular formula is C25H22N2O5S. The maximum atomic E-state index is 13.6. The molecule has 0 radical (unpaired) electrons. The molecule has 1 amide bonds. The molecule has 7 nitrogen and oxygen atoms in total. The van der Waals surface area contributed by atoms with Crippen LogP contribution in [0.25, 0.3) is 0 Å². The number of para-hydroxylation sites is 2. The van der Waals surface area contributed by atoms with Gasteiger partial charge in [-0.25, -0.2) is 0 Å². The number of carboxylic acid groups (broad SMARTS) is 1. The second-order valence-corrected chi connectivity index (χ2v) is 9.13. The van der Waals surface area contributed by atoms with Crippen molar-refractivity contribution >= 4 is 40.4 Å². The molecule has 5 rings (SSSR count). The summed E-state index contributed by atoms with van der Waals surface area (Å²) in [5.41, 5.74) is 2.66. The van der Waals surface area contributed by atoms with Crippen LogP contribution < -0.4 is 10.2 Å². The molecule has 8 heteroatoms. The highest BCUT2D eigenvalue weighted by atomic mass is 32.1. The van der Waals surface area contributed by atoms with E-state index in [1.165, 1.54) is 11.3 Å². The number of nitrogens with one attached hydrogen (secondary N) is 1. The van der Waals surface area contributed by atoms with Crippen molar-refractivity contribution in [2.24, 2.45) is 0 Å². The van der Waals surface area contributed by atoms with Gasteiger partial charge < -0.3 is 14.8 Å². The highest BCUT2D eigenvalue weighted by molar-refractivity contribution is 7.10. The summed E-state index contributed by atoms with van der Waals surface area (Å²) >= 11 is 1.47. The number of hydrogen-bond donors (Lipinski definition) is 2. The van der Waals surface area contributed by atoms with Crippen LogP contribution >= 0.6 is 11.3 Å². The van der Waals surface area contributed by atoms with Gasteiger partial charge in [0.25, 0.3) is 0 Å². The third-order valence-electron chi connectivity index (χ3n) is 6.07. The second kappa shape index (κ2) is 8.71. The van der Waals surface area contributed by atoms with Gasteiger partial charge in [-0.15, -0.1) is 11.3 Å². The highest BCUT2D eigenvalue weighted by Gasteiger charge is 2.42. The van der Waals surface area contributed by atoms with E-state index in [0.717, 1.165) is 16.3 Å². The van der Waals surface area contributed by atoms with Crippen LogP contribution in [0.5, 0.6) is 0 Å². The Morgan fingerprint density at radius 2 is 1.94 bits per heavy atom. The number of furan rings is 1. The fourth-order valence-corrected chi connectivity index (χ4v) is 5.46. The number of carboxylic acids is 1. The van der Waals surface area contributed by atoms with Crippen molar-refractivity contribution in [1.82, 2.24) is 0 Å². The number of aliphatic carboxylic acids is 1. The van der Waals surface area contributed by atoms with Crippen LogP contribution in [0.3, 0.4) is 0 Å². The van der Waals surface area contributed by atoms with E-state index < -0.39 is 12.0 Å². The molecule has 3 heterocycles. The second-order valence-electron chi connectivity index (χ2n) is 8.15. The van der Waals surface area contributed by atoms with Crippen LogP contribution in [0.4, 0.5) is 11.4 Å². The predicted molar refractivity (Wildman–Crippen MR) is 124 cm³/mol. The molecule has 1 aromatic carbocycles. The minimum atomic E-state index is -1.04. The van der Waals surface area contributed by atoms with Gasteiger partial charge in [0.2, 0.25) is 5.91 Å². The van der Waals surface area contributed by atoms with Gasteiger partial charge in [-0.3, -0.25) is 19.3 Å². The molecule has 0 bridgehead atoms. The fraction of sp³-hybridized carbons (Fsp3) is 0.240. The molecule has 2 aromatic heterocycles. The first-order chi connectivity index (χ1) is 16.0. The molecule has 2 N–H and O–H groups in total. The molecule has 0 fully saturated rings. The minimum Gasteiger partial charge on any atom is -0.481 e. The number of hydrogen-bond acceptors (Lipinski definition) is 6. The molecule has 2 atom stereocenters. The number of rotatable bonds is 5. The van der Waals surface area contributed by atoms with Gasteiger partial charge in [0, 0.05) is 34.9 Å². The zero-order chi connectivity index (χ0) is 22.9. The number of ketones is 1. The smallest absolute Gasteiger partial charge is 0.303 e. The Hall–Kier alpha value is -3.65. The largest absolute Gasteiger partial charge is 0.481 e. The van der Waals surface area contributed by atoms with Crippen molar-refractivity contribution in [1.29, 1.82) is 0 Å². The first-order valence-corrected chi connectivity index (χ1v) is 11.6. The molecule has 2 aliphatic rings. The molecule has 168 valence electrons. The average molecular weight is 463 g/mol. The van der Waals surface area contributed by atoms with Crippen molar-refractivity contribution in [2.45, 2.75) is 37.6 Å². The maximum Gasteiger partial charge on any atom is 0.303 e. The molecule has 1 aliphatic carbocycles. The van der Waals surface area contributed by atoms with Crippen LogP contribution in [-0.2, 0) is 14.4 Å². The molecule has 33 heavy (non-hydrogen) atoms. The predicted octanol–water partition coefficient (Wildman–Crippen LogP) is 5.11. The van der Waals surface area contributed by atoms with Gasteiger partial charge in [-0.1, -0.05) is 18.2 Å². The number of Topliss-reactive ketones (excluding diaryl/α,β-unsaturated/α-hetero) is 1. The number of benzene rings is 1. The lowest BCUT2D eigenvalue weighted by Gasteiger charge is -2.34. The van der Waals surface area contributed by atoms with Gasteiger partial charge in [0.15, 0.2) is 5.78 Å². The van der Waals surface area contributed by atoms with Crippen molar-refractivity contribution < 1.29 is 23.9 Å². The Labute approximate surface area is 194 Å². The molecule has 0 saturated heterocycles. The van der Waals surface area contributed by atoms with E-state index in [1.807, 2.05) is 53.9 Å². The first-order valence-electron chi connectivity index (χ1n) is 10.8. The number of nitrogens with zero attached hydrogens (tertiary/aromatic N) is 1. The van der Waals surface area contributed by atoms with Crippen molar-refractivity contribution in [2.75, 3.05) is 10.2 Å². The van der Waals surface area contributed by atoms with Crippen LogP contribution in [-0.4, -0.2) is 22.8 Å². The maximum absolute atomic E-state index is 13.6. The van der Waals surface area contributed by atoms with E-state index >= 15 is 0 Å². The zero-order valence-electron chi connectivity index (χ0n) is 17.7.